The van der Waals surface area contributed by atoms with Crippen LogP contribution in [0.25, 0.3) is 5.76 Å². The lowest BCUT2D eigenvalue weighted by atomic mass is 9.94. The van der Waals surface area contributed by atoms with E-state index in [0.717, 1.165) is 0 Å². The molecule has 2 N–H and O–H groups in total. The number of aliphatic hydroxyl groups is 2. The molecule has 1 amide bonds. The zero-order valence-electron chi connectivity index (χ0n) is 16.8. The molecule has 7 nitrogen and oxygen atoms in total. The smallest absolute Gasteiger partial charge is 0.295 e. The molecule has 3 rings (SSSR count). The van der Waals surface area contributed by atoms with Crippen molar-refractivity contribution in [2.75, 3.05) is 20.8 Å². The highest BCUT2D eigenvalue weighted by molar-refractivity contribution is 6.46. The number of β-amino-alcohol motifs (C(OH)–C–C–N with tert-alkyl or cyclic N) is 1. The minimum Gasteiger partial charge on any atom is -0.507 e. The van der Waals surface area contributed by atoms with E-state index < -0.39 is 23.8 Å². The van der Waals surface area contributed by atoms with Crippen molar-refractivity contribution in [2.45, 2.75) is 19.1 Å². The summed E-state index contributed by atoms with van der Waals surface area (Å²) < 4.78 is 10.7. The molecule has 1 fully saturated rings. The molecule has 2 aromatic rings. The SMILES string of the molecule is COc1ccc(C2C(=C(O)c3ccc(Cl)cc3)C(=O)C(=O)N2CC(C)O)c(OC)c1. The summed E-state index contributed by atoms with van der Waals surface area (Å²) in [6.45, 7) is 1.42. The van der Waals surface area contributed by atoms with Crippen molar-refractivity contribution >= 4 is 29.1 Å². The van der Waals surface area contributed by atoms with E-state index in [1.165, 1.54) is 26.0 Å². The number of ether oxygens (including phenoxy) is 2. The van der Waals surface area contributed by atoms with Crippen molar-refractivity contribution < 1.29 is 29.3 Å². The molecular weight excluding hydrogens is 410 g/mol. The van der Waals surface area contributed by atoms with E-state index in [2.05, 4.69) is 0 Å². The number of hydrogen-bond donors (Lipinski definition) is 2. The number of rotatable bonds is 6. The molecule has 0 saturated carbocycles. The average Bonchev–Trinajstić information content (AvgIpc) is 2.97. The van der Waals surface area contributed by atoms with Crippen LogP contribution in [0.2, 0.25) is 5.02 Å². The van der Waals surface area contributed by atoms with E-state index in [1.807, 2.05) is 0 Å². The summed E-state index contributed by atoms with van der Waals surface area (Å²) in [4.78, 5) is 26.9. The standard InChI is InChI=1S/C22H22ClNO6/c1-12(25)11-24-19(16-9-8-15(29-2)10-17(16)30-3)18(21(27)22(24)28)20(26)13-4-6-14(23)7-5-13/h4-10,12,19,25-26H,11H2,1-3H3. The van der Waals surface area contributed by atoms with Crippen LogP contribution in [0.15, 0.2) is 48.0 Å². The molecule has 158 valence electrons. The molecule has 1 aliphatic rings. The second-order valence-corrected chi connectivity index (χ2v) is 7.35. The zero-order valence-corrected chi connectivity index (χ0v) is 17.5. The molecule has 2 unspecified atom stereocenters. The highest BCUT2D eigenvalue weighted by Gasteiger charge is 2.47. The van der Waals surface area contributed by atoms with Crippen LogP contribution in [0, 0.1) is 0 Å². The van der Waals surface area contributed by atoms with E-state index >= 15 is 0 Å². The van der Waals surface area contributed by atoms with Crippen molar-refractivity contribution in [1.82, 2.24) is 4.90 Å². The van der Waals surface area contributed by atoms with Crippen molar-refractivity contribution in [2.24, 2.45) is 0 Å². The van der Waals surface area contributed by atoms with E-state index in [-0.39, 0.29) is 17.9 Å². The van der Waals surface area contributed by atoms with E-state index in [9.17, 15) is 19.8 Å². The number of halogens is 1. The Hall–Kier alpha value is -3.03. The number of ketones is 1. The summed E-state index contributed by atoms with van der Waals surface area (Å²) in [6.07, 6.45) is -0.884. The number of nitrogens with zero attached hydrogens (tertiary/aromatic N) is 1. The van der Waals surface area contributed by atoms with Gasteiger partial charge in [-0.15, -0.1) is 0 Å². The Morgan fingerprint density at radius 3 is 2.37 bits per heavy atom. The van der Waals surface area contributed by atoms with E-state index in [0.29, 0.717) is 27.6 Å². The fraction of sp³-hybridized carbons (Fsp3) is 0.273. The summed E-state index contributed by atoms with van der Waals surface area (Å²) >= 11 is 5.92. The molecule has 8 heteroatoms. The van der Waals surface area contributed by atoms with Gasteiger partial charge in [0.2, 0.25) is 0 Å². The minimum atomic E-state index is -0.948. The second-order valence-electron chi connectivity index (χ2n) is 6.92. The molecule has 0 aromatic heterocycles. The number of amides is 1. The largest absolute Gasteiger partial charge is 0.507 e. The molecule has 0 spiro atoms. The van der Waals surface area contributed by atoms with Crippen molar-refractivity contribution in [3.8, 4) is 11.5 Å². The number of benzene rings is 2. The Labute approximate surface area is 179 Å². The Balaban J connectivity index is 2.24. The quantitative estimate of drug-likeness (QED) is 0.414. The predicted octanol–water partition coefficient (Wildman–Crippen LogP) is 3.16. The number of hydrogen-bond acceptors (Lipinski definition) is 6. The lowest BCUT2D eigenvalue weighted by Crippen LogP contribution is -2.35. The normalized spacial score (nSPS) is 19.1. The van der Waals surface area contributed by atoms with Crippen LogP contribution in [-0.2, 0) is 9.59 Å². The summed E-state index contributed by atoms with van der Waals surface area (Å²) in [7, 11) is 2.97. The molecule has 1 saturated heterocycles. The van der Waals surface area contributed by atoms with Gasteiger partial charge in [0.15, 0.2) is 0 Å². The van der Waals surface area contributed by atoms with Gasteiger partial charge in [0.25, 0.3) is 11.7 Å². The molecule has 1 aliphatic heterocycles. The number of methoxy groups -OCH3 is 2. The molecule has 2 aromatic carbocycles. The molecule has 30 heavy (non-hydrogen) atoms. The van der Waals surface area contributed by atoms with Crippen molar-refractivity contribution in [3.05, 3.63) is 64.2 Å². The van der Waals surface area contributed by atoms with Crippen LogP contribution in [0.4, 0.5) is 0 Å². The first-order chi connectivity index (χ1) is 14.3. The van der Waals surface area contributed by atoms with Gasteiger partial charge >= 0.3 is 0 Å². The van der Waals surface area contributed by atoms with Gasteiger partial charge in [0.05, 0.1) is 31.9 Å². The zero-order chi connectivity index (χ0) is 22.0. The van der Waals surface area contributed by atoms with Crippen LogP contribution >= 0.6 is 11.6 Å². The van der Waals surface area contributed by atoms with Gasteiger partial charge in [-0.3, -0.25) is 9.59 Å². The summed E-state index contributed by atoms with van der Waals surface area (Å²) in [5.41, 5.74) is 0.729. The number of likely N-dealkylation sites (tertiary alicyclic amines) is 1. The van der Waals surface area contributed by atoms with E-state index in [1.54, 1.807) is 42.5 Å². The van der Waals surface area contributed by atoms with Gasteiger partial charge in [0, 0.05) is 28.8 Å². The first-order valence-electron chi connectivity index (χ1n) is 9.22. The van der Waals surface area contributed by atoms with Gasteiger partial charge in [0.1, 0.15) is 17.3 Å². The number of aliphatic hydroxyl groups excluding tert-OH is 2. The van der Waals surface area contributed by atoms with Crippen LogP contribution in [0.5, 0.6) is 11.5 Å². The van der Waals surface area contributed by atoms with Crippen LogP contribution in [-0.4, -0.2) is 53.7 Å². The highest BCUT2D eigenvalue weighted by Crippen LogP contribution is 2.43. The minimum absolute atomic E-state index is 0.0913. The van der Waals surface area contributed by atoms with Crippen molar-refractivity contribution in [1.29, 1.82) is 0 Å². The fourth-order valence-electron chi connectivity index (χ4n) is 3.48. The third-order valence-electron chi connectivity index (χ3n) is 4.85. The summed E-state index contributed by atoms with van der Waals surface area (Å²) in [5, 5.41) is 21.3. The Morgan fingerprint density at radius 1 is 1.13 bits per heavy atom. The molecule has 0 aliphatic carbocycles. The summed E-state index contributed by atoms with van der Waals surface area (Å²) in [6, 6.07) is 10.3. The Kier molecular flexibility index (Phi) is 6.34. The molecule has 1 heterocycles. The van der Waals surface area contributed by atoms with Gasteiger partial charge in [-0.2, -0.15) is 0 Å². The molecule has 0 radical (unpaired) electrons. The molecule has 0 bridgehead atoms. The van der Waals surface area contributed by atoms with Gasteiger partial charge in [-0.1, -0.05) is 11.6 Å². The Morgan fingerprint density at radius 2 is 1.80 bits per heavy atom. The molecule has 2 atom stereocenters. The van der Waals surface area contributed by atoms with Gasteiger partial charge in [-0.05, 0) is 43.3 Å². The van der Waals surface area contributed by atoms with E-state index in [4.69, 9.17) is 21.1 Å². The number of Topliss-reactive ketones (excluding diaryl/α,β-unsaturated/α-hetero) is 1. The Bertz CT molecular complexity index is 999. The van der Waals surface area contributed by atoms with Crippen LogP contribution in [0.1, 0.15) is 24.1 Å². The van der Waals surface area contributed by atoms with Crippen LogP contribution in [0.3, 0.4) is 0 Å². The topological polar surface area (TPSA) is 96.3 Å². The number of carbonyl (C=O) groups excluding carboxylic acids is 2. The van der Waals surface area contributed by atoms with Gasteiger partial charge in [-0.25, -0.2) is 0 Å². The highest BCUT2D eigenvalue weighted by atomic mass is 35.5. The van der Waals surface area contributed by atoms with Gasteiger partial charge < -0.3 is 24.6 Å². The third kappa shape index (κ3) is 3.99. The maximum atomic E-state index is 12.9. The monoisotopic (exact) mass is 431 g/mol. The number of carbonyl (C=O) groups is 2. The second kappa shape index (κ2) is 8.77. The third-order valence-corrected chi connectivity index (χ3v) is 5.11. The van der Waals surface area contributed by atoms with Crippen LogP contribution < -0.4 is 9.47 Å². The lowest BCUT2D eigenvalue weighted by molar-refractivity contribution is -0.140. The molecular formula is C22H22ClNO6. The fourth-order valence-corrected chi connectivity index (χ4v) is 3.61. The average molecular weight is 432 g/mol. The summed E-state index contributed by atoms with van der Waals surface area (Å²) in [5.74, 6) is -1.08. The maximum Gasteiger partial charge on any atom is 0.295 e. The first-order valence-corrected chi connectivity index (χ1v) is 9.60. The maximum absolute atomic E-state index is 12.9. The first kappa shape index (κ1) is 21.7. The lowest BCUT2D eigenvalue weighted by Gasteiger charge is -2.27. The predicted molar refractivity (Wildman–Crippen MR) is 112 cm³/mol. The van der Waals surface area contributed by atoms with Crippen molar-refractivity contribution in [3.63, 3.8) is 0 Å².